The van der Waals surface area contributed by atoms with Crippen molar-refractivity contribution < 1.29 is 9.47 Å². The molecule has 1 saturated heterocycles. The molecule has 0 saturated carbocycles. The van der Waals surface area contributed by atoms with Gasteiger partial charge in [0, 0.05) is 30.9 Å². The molecule has 4 heteroatoms. The summed E-state index contributed by atoms with van der Waals surface area (Å²) >= 11 is 0. The molecule has 2 heterocycles. The van der Waals surface area contributed by atoms with Crippen LogP contribution in [0.3, 0.4) is 0 Å². The lowest BCUT2D eigenvalue weighted by Crippen LogP contribution is -2.16. The van der Waals surface area contributed by atoms with E-state index < -0.39 is 0 Å². The number of hydrogen-bond donors (Lipinski definition) is 1. The first-order valence-corrected chi connectivity index (χ1v) is 6.68. The summed E-state index contributed by atoms with van der Waals surface area (Å²) in [5.41, 5.74) is 1.06. The Kier molecular flexibility index (Phi) is 3.51. The van der Waals surface area contributed by atoms with Gasteiger partial charge >= 0.3 is 0 Å². The summed E-state index contributed by atoms with van der Waals surface area (Å²) in [6, 6.07) is 8.18. The van der Waals surface area contributed by atoms with Crippen LogP contribution in [0.1, 0.15) is 12.8 Å². The number of hydrogen-bond acceptors (Lipinski definition) is 4. The van der Waals surface area contributed by atoms with Gasteiger partial charge in [-0.05, 0) is 36.4 Å². The Balaban J connectivity index is 1.84. The summed E-state index contributed by atoms with van der Waals surface area (Å²) in [5.74, 6) is 0.685. The van der Waals surface area contributed by atoms with E-state index in [1.807, 2.05) is 19.2 Å². The Hall–Kier alpha value is -1.81. The van der Waals surface area contributed by atoms with Crippen molar-refractivity contribution in [3.63, 3.8) is 0 Å². The van der Waals surface area contributed by atoms with Crippen LogP contribution in [-0.4, -0.2) is 31.3 Å². The third kappa shape index (κ3) is 2.63. The summed E-state index contributed by atoms with van der Waals surface area (Å²) in [5, 5.41) is 5.31. The Labute approximate surface area is 112 Å². The number of ether oxygens (including phenoxy) is 2. The lowest BCUT2D eigenvalue weighted by Gasteiger charge is -2.12. The van der Waals surface area contributed by atoms with Gasteiger partial charge in [-0.1, -0.05) is 6.07 Å². The standard InChI is InChI=1S/C15H18N2O2/c1-16-12-5-4-11-6-7-17-15(14(11)9-12)19-10-13-3-2-8-18-13/h4-7,9,13,16H,2-3,8,10H2,1H3. The van der Waals surface area contributed by atoms with E-state index in [4.69, 9.17) is 9.47 Å². The highest BCUT2D eigenvalue weighted by atomic mass is 16.5. The van der Waals surface area contributed by atoms with E-state index in [-0.39, 0.29) is 6.10 Å². The van der Waals surface area contributed by atoms with E-state index in [0.717, 1.165) is 35.9 Å². The Bertz CT molecular complexity index is 565. The maximum atomic E-state index is 5.84. The first-order valence-electron chi connectivity index (χ1n) is 6.68. The summed E-state index contributed by atoms with van der Waals surface area (Å²) in [6.45, 7) is 1.43. The van der Waals surface area contributed by atoms with Crippen LogP contribution in [0.2, 0.25) is 0 Å². The summed E-state index contributed by atoms with van der Waals surface area (Å²) in [4.78, 5) is 4.34. The van der Waals surface area contributed by atoms with E-state index in [0.29, 0.717) is 12.5 Å². The van der Waals surface area contributed by atoms with Gasteiger partial charge in [-0.15, -0.1) is 0 Å². The molecule has 4 nitrogen and oxygen atoms in total. The van der Waals surface area contributed by atoms with E-state index in [2.05, 4.69) is 22.4 Å². The maximum absolute atomic E-state index is 5.84. The predicted molar refractivity (Wildman–Crippen MR) is 75.8 cm³/mol. The highest BCUT2D eigenvalue weighted by Crippen LogP contribution is 2.26. The number of aromatic nitrogens is 1. The minimum atomic E-state index is 0.213. The number of anilines is 1. The molecule has 0 spiro atoms. The van der Waals surface area contributed by atoms with E-state index >= 15 is 0 Å². The molecular formula is C15H18N2O2. The fourth-order valence-electron chi connectivity index (χ4n) is 2.36. The summed E-state index contributed by atoms with van der Waals surface area (Å²) in [7, 11) is 1.91. The molecule has 1 N–H and O–H groups in total. The average molecular weight is 258 g/mol. The van der Waals surface area contributed by atoms with Crippen molar-refractivity contribution >= 4 is 16.5 Å². The zero-order valence-corrected chi connectivity index (χ0v) is 11.1. The van der Waals surface area contributed by atoms with Crippen LogP contribution in [-0.2, 0) is 4.74 Å². The van der Waals surface area contributed by atoms with Crippen LogP contribution in [0.4, 0.5) is 5.69 Å². The highest BCUT2D eigenvalue weighted by molar-refractivity contribution is 5.89. The number of benzene rings is 1. The smallest absolute Gasteiger partial charge is 0.221 e. The third-order valence-electron chi connectivity index (χ3n) is 3.45. The highest BCUT2D eigenvalue weighted by Gasteiger charge is 2.16. The van der Waals surface area contributed by atoms with Gasteiger partial charge < -0.3 is 14.8 Å². The molecule has 1 fully saturated rings. The molecule has 1 aromatic heterocycles. The third-order valence-corrected chi connectivity index (χ3v) is 3.45. The van der Waals surface area contributed by atoms with Gasteiger partial charge in [0.25, 0.3) is 0 Å². The van der Waals surface area contributed by atoms with Crippen LogP contribution < -0.4 is 10.1 Å². The zero-order chi connectivity index (χ0) is 13.1. The number of nitrogens with one attached hydrogen (secondary N) is 1. The van der Waals surface area contributed by atoms with Crippen LogP contribution in [0.5, 0.6) is 5.88 Å². The Morgan fingerprint density at radius 1 is 1.42 bits per heavy atom. The molecule has 1 aromatic carbocycles. The van der Waals surface area contributed by atoms with Gasteiger partial charge in [0.15, 0.2) is 0 Å². The van der Waals surface area contributed by atoms with Gasteiger partial charge in [-0.25, -0.2) is 4.98 Å². The van der Waals surface area contributed by atoms with Crippen LogP contribution in [0.15, 0.2) is 30.5 Å². The normalized spacial score (nSPS) is 18.7. The van der Waals surface area contributed by atoms with Gasteiger partial charge in [-0.2, -0.15) is 0 Å². The van der Waals surface area contributed by atoms with Crippen LogP contribution in [0.25, 0.3) is 10.8 Å². The molecule has 1 unspecified atom stereocenters. The fraction of sp³-hybridized carbons (Fsp3) is 0.400. The van der Waals surface area contributed by atoms with Crippen molar-refractivity contribution in [1.29, 1.82) is 0 Å². The molecule has 1 atom stereocenters. The largest absolute Gasteiger partial charge is 0.474 e. The van der Waals surface area contributed by atoms with Gasteiger partial charge in [-0.3, -0.25) is 0 Å². The van der Waals surface area contributed by atoms with Crippen LogP contribution in [0, 0.1) is 0 Å². The molecule has 100 valence electrons. The second kappa shape index (κ2) is 5.45. The molecule has 0 aliphatic carbocycles. The van der Waals surface area contributed by atoms with Crippen molar-refractivity contribution in [3.05, 3.63) is 30.5 Å². The second-order valence-electron chi connectivity index (χ2n) is 4.75. The van der Waals surface area contributed by atoms with Crippen molar-refractivity contribution in [2.45, 2.75) is 18.9 Å². The summed E-state index contributed by atoms with van der Waals surface area (Å²) in [6.07, 6.45) is 4.20. The molecule has 1 aliphatic rings. The van der Waals surface area contributed by atoms with Gasteiger partial charge in [0.2, 0.25) is 5.88 Å². The molecule has 19 heavy (non-hydrogen) atoms. The molecule has 3 rings (SSSR count). The van der Waals surface area contributed by atoms with E-state index in [1.54, 1.807) is 6.20 Å². The molecule has 0 bridgehead atoms. The maximum Gasteiger partial charge on any atom is 0.221 e. The minimum absolute atomic E-state index is 0.213. The Morgan fingerprint density at radius 3 is 3.16 bits per heavy atom. The lowest BCUT2D eigenvalue weighted by molar-refractivity contribution is 0.0669. The van der Waals surface area contributed by atoms with E-state index in [1.165, 1.54) is 0 Å². The quantitative estimate of drug-likeness (QED) is 0.915. The number of fused-ring (bicyclic) bond motifs is 1. The van der Waals surface area contributed by atoms with E-state index in [9.17, 15) is 0 Å². The van der Waals surface area contributed by atoms with Crippen molar-refractivity contribution in [2.75, 3.05) is 25.6 Å². The average Bonchev–Trinajstić information content (AvgIpc) is 2.97. The second-order valence-corrected chi connectivity index (χ2v) is 4.75. The molecule has 0 amide bonds. The molecular weight excluding hydrogens is 240 g/mol. The van der Waals surface area contributed by atoms with Crippen molar-refractivity contribution in [3.8, 4) is 5.88 Å². The lowest BCUT2D eigenvalue weighted by atomic mass is 10.1. The van der Waals surface area contributed by atoms with Crippen molar-refractivity contribution in [1.82, 2.24) is 4.98 Å². The van der Waals surface area contributed by atoms with Crippen LogP contribution >= 0.6 is 0 Å². The minimum Gasteiger partial charge on any atom is -0.474 e. The Morgan fingerprint density at radius 2 is 2.37 bits per heavy atom. The molecule has 1 aliphatic heterocycles. The number of nitrogens with zero attached hydrogens (tertiary/aromatic N) is 1. The van der Waals surface area contributed by atoms with Gasteiger partial charge in [0.05, 0.1) is 6.10 Å². The number of rotatable bonds is 4. The molecule has 2 aromatic rings. The SMILES string of the molecule is CNc1ccc2ccnc(OCC3CCCO3)c2c1. The number of pyridine rings is 1. The first kappa shape index (κ1) is 12.2. The summed E-state index contributed by atoms with van der Waals surface area (Å²) < 4.78 is 11.4. The topological polar surface area (TPSA) is 43.4 Å². The first-order chi connectivity index (χ1) is 9.36. The fourth-order valence-corrected chi connectivity index (χ4v) is 2.36. The zero-order valence-electron chi connectivity index (χ0n) is 11.1. The van der Waals surface area contributed by atoms with Gasteiger partial charge in [0.1, 0.15) is 6.61 Å². The predicted octanol–water partition coefficient (Wildman–Crippen LogP) is 2.83. The monoisotopic (exact) mass is 258 g/mol. The molecule has 0 radical (unpaired) electrons. The van der Waals surface area contributed by atoms with Crippen molar-refractivity contribution in [2.24, 2.45) is 0 Å².